The topological polar surface area (TPSA) is 119 Å². The van der Waals surface area contributed by atoms with Gasteiger partial charge in [0, 0.05) is 47.9 Å². The Morgan fingerprint density at radius 3 is 2.43 bits per heavy atom. The average Bonchev–Trinajstić information content (AvgIpc) is 3.62. The molecular weight excluding hydrogens is 590 g/mol. The first kappa shape index (κ1) is 29.0. The molecule has 1 amide bonds. The third-order valence-electron chi connectivity index (χ3n) is 7.12. The van der Waals surface area contributed by atoms with Crippen LogP contribution in [-0.2, 0) is 10.0 Å². The molecule has 3 aromatic heterocycles. The predicted octanol–water partition coefficient (Wildman–Crippen LogP) is 6.59. The third-order valence-corrected chi connectivity index (χ3v) is 8.30. The summed E-state index contributed by atoms with van der Waals surface area (Å²) in [6.07, 6.45) is 2.62. The molecule has 0 atom stereocenters. The summed E-state index contributed by atoms with van der Waals surface area (Å²) in [4.78, 5) is 21.9. The Labute approximate surface area is 251 Å². The molecule has 0 unspecified atom stereocenters. The number of nitrogens with one attached hydrogen (secondary N) is 1. The Morgan fingerprint density at radius 2 is 1.73 bits per heavy atom. The maximum Gasteiger partial charge on any atom is 0.255 e. The van der Waals surface area contributed by atoms with Crippen LogP contribution >= 0.6 is 0 Å². The first-order valence-electron chi connectivity index (χ1n) is 13.6. The molecule has 0 saturated carbocycles. The van der Waals surface area contributed by atoms with Crippen molar-refractivity contribution in [2.45, 2.75) is 6.42 Å². The number of carbonyl (C=O) groups excluding carboxylic acids is 1. The molecule has 0 saturated heterocycles. The second-order valence-electron chi connectivity index (χ2n) is 10.1. The smallest absolute Gasteiger partial charge is 0.255 e. The van der Waals surface area contributed by atoms with Gasteiger partial charge in [-0.25, -0.2) is 17.8 Å². The van der Waals surface area contributed by atoms with Crippen LogP contribution in [0, 0.1) is 5.82 Å². The summed E-state index contributed by atoms with van der Waals surface area (Å²) in [5, 5.41) is 3.03. The minimum Gasteiger partial charge on any atom is -0.455 e. The van der Waals surface area contributed by atoms with E-state index in [4.69, 9.17) is 8.83 Å². The van der Waals surface area contributed by atoms with Gasteiger partial charge in [-0.1, -0.05) is 12.1 Å². The fourth-order valence-electron chi connectivity index (χ4n) is 5.11. The number of aromatic nitrogens is 2. The first-order valence-corrected chi connectivity index (χ1v) is 15.5. The van der Waals surface area contributed by atoms with Crippen LogP contribution in [0.15, 0.2) is 87.8 Å². The zero-order chi connectivity index (χ0) is 31.0. The maximum atomic E-state index is 13.7. The fourth-order valence-corrected chi connectivity index (χ4v) is 6.07. The van der Waals surface area contributed by atoms with Gasteiger partial charge in [0.1, 0.15) is 17.2 Å². The number of hydrogen-bond acceptors (Lipinski definition) is 7. The monoisotopic (exact) mass is 616 g/mol. The normalized spacial score (nSPS) is 11.7. The summed E-state index contributed by atoms with van der Waals surface area (Å²) in [6, 6.07) is 19.3. The lowest BCUT2D eigenvalue weighted by atomic mass is 9.97. The lowest BCUT2D eigenvalue weighted by Crippen LogP contribution is -2.31. The second-order valence-corrected chi connectivity index (χ2v) is 12.0. The summed E-state index contributed by atoms with van der Waals surface area (Å²) >= 11 is 0. The predicted molar refractivity (Wildman–Crippen MR) is 164 cm³/mol. The number of carbonyl (C=O) groups is 1. The molecule has 0 aliphatic carbocycles. The number of hydrogen-bond donors (Lipinski definition) is 1. The largest absolute Gasteiger partial charge is 0.455 e. The van der Waals surface area contributed by atoms with Crippen molar-refractivity contribution in [3.8, 4) is 33.9 Å². The van der Waals surface area contributed by atoms with Gasteiger partial charge in [0.05, 0.1) is 24.2 Å². The van der Waals surface area contributed by atoms with Gasteiger partial charge in [0.15, 0.2) is 11.2 Å². The van der Waals surface area contributed by atoms with Crippen molar-refractivity contribution in [2.75, 3.05) is 30.8 Å². The minimum atomic E-state index is -3.89. The summed E-state index contributed by atoms with van der Waals surface area (Å²) in [6.45, 7) is -0.848. The van der Waals surface area contributed by atoms with Crippen molar-refractivity contribution < 1.29 is 30.8 Å². The van der Waals surface area contributed by atoms with E-state index in [1.165, 1.54) is 37.4 Å². The van der Waals surface area contributed by atoms with Gasteiger partial charge in [0.2, 0.25) is 15.9 Å². The maximum absolute atomic E-state index is 13.7. The highest BCUT2D eigenvalue weighted by Gasteiger charge is 2.27. The average molecular weight is 617 g/mol. The molecular formula is C32H26F2N4O5S. The van der Waals surface area contributed by atoms with Gasteiger partial charge in [0.25, 0.3) is 5.91 Å². The van der Waals surface area contributed by atoms with E-state index < -0.39 is 28.4 Å². The fraction of sp³-hybridized carbons (Fsp3) is 0.156. The van der Waals surface area contributed by atoms with Crippen molar-refractivity contribution in [3.05, 3.63) is 90.4 Å². The number of rotatable bonds is 9. The van der Waals surface area contributed by atoms with Crippen LogP contribution in [-0.4, -0.2) is 50.8 Å². The molecule has 1 N–H and O–H groups in total. The van der Waals surface area contributed by atoms with Crippen molar-refractivity contribution in [2.24, 2.45) is 0 Å². The standard InChI is InChI=1S/C32H26F2N4O5S/c1-35-31(39)28-24-17-23(20-6-3-7-21(16-20)32-37-30-26(43-32)8-4-14-36-30)25(38(15-5-13-33)44(2,40)41)18-27(24)42-29(28)19-9-11-22(34)12-10-19/h3-4,6-12,14,16-18H,5,13,15H2,1-2H3,(H,35,39). The molecule has 3 heterocycles. The van der Waals surface area contributed by atoms with E-state index in [9.17, 15) is 22.0 Å². The minimum absolute atomic E-state index is 0.0387. The zero-order valence-electron chi connectivity index (χ0n) is 23.7. The number of oxazole rings is 1. The van der Waals surface area contributed by atoms with E-state index in [-0.39, 0.29) is 35.6 Å². The van der Waals surface area contributed by atoms with Gasteiger partial charge in [-0.2, -0.15) is 4.98 Å². The molecule has 0 spiro atoms. The van der Waals surface area contributed by atoms with E-state index in [1.54, 1.807) is 48.7 Å². The van der Waals surface area contributed by atoms with Crippen molar-refractivity contribution in [1.82, 2.24) is 15.3 Å². The first-order chi connectivity index (χ1) is 21.2. The Hall–Kier alpha value is -5.10. The highest BCUT2D eigenvalue weighted by molar-refractivity contribution is 7.92. The summed E-state index contributed by atoms with van der Waals surface area (Å²) < 4.78 is 66.4. The van der Waals surface area contributed by atoms with E-state index in [1.807, 2.05) is 0 Å². The molecule has 9 nitrogen and oxygen atoms in total. The second kappa shape index (κ2) is 11.5. The number of sulfonamides is 1. The molecule has 6 rings (SSSR count). The van der Waals surface area contributed by atoms with Gasteiger partial charge < -0.3 is 14.2 Å². The molecule has 0 aliphatic rings. The van der Waals surface area contributed by atoms with Gasteiger partial charge in [-0.15, -0.1) is 0 Å². The lowest BCUT2D eigenvalue weighted by molar-refractivity contribution is 0.0964. The van der Waals surface area contributed by atoms with E-state index in [2.05, 4.69) is 15.3 Å². The SMILES string of the molecule is CNC(=O)c1c(-c2ccc(F)cc2)oc2cc(N(CCCF)S(C)(=O)=O)c(-c3cccc(-c4nc5ncccc5o4)c3)cc12. The summed E-state index contributed by atoms with van der Waals surface area (Å²) in [5.41, 5.74) is 3.66. The van der Waals surface area contributed by atoms with Gasteiger partial charge in [-0.3, -0.25) is 13.5 Å². The molecule has 12 heteroatoms. The number of amides is 1. The highest BCUT2D eigenvalue weighted by Crippen LogP contribution is 2.42. The van der Waals surface area contributed by atoms with Crippen LogP contribution in [0.2, 0.25) is 0 Å². The Balaban J connectivity index is 1.62. The Bertz CT molecular complexity index is 2090. The Kier molecular flexibility index (Phi) is 7.60. The molecule has 224 valence electrons. The highest BCUT2D eigenvalue weighted by atomic mass is 32.2. The summed E-state index contributed by atoms with van der Waals surface area (Å²) in [7, 11) is -2.41. The zero-order valence-corrected chi connectivity index (χ0v) is 24.5. The van der Waals surface area contributed by atoms with Crippen LogP contribution in [0.25, 0.3) is 56.1 Å². The molecule has 44 heavy (non-hydrogen) atoms. The quantitative estimate of drug-likeness (QED) is 0.195. The van der Waals surface area contributed by atoms with Crippen LogP contribution in [0.5, 0.6) is 0 Å². The molecule has 3 aromatic carbocycles. The van der Waals surface area contributed by atoms with Crippen LogP contribution in [0.3, 0.4) is 0 Å². The van der Waals surface area contributed by atoms with Crippen LogP contribution in [0.1, 0.15) is 16.8 Å². The number of benzene rings is 3. The number of fused-ring (bicyclic) bond motifs is 2. The molecule has 0 fully saturated rings. The number of furan rings is 1. The van der Waals surface area contributed by atoms with Crippen molar-refractivity contribution >= 4 is 43.8 Å². The summed E-state index contributed by atoms with van der Waals surface area (Å²) in [5.74, 6) is -0.410. The van der Waals surface area contributed by atoms with Crippen LogP contribution < -0.4 is 9.62 Å². The van der Waals surface area contributed by atoms with Crippen molar-refractivity contribution in [1.29, 1.82) is 0 Å². The number of alkyl halides is 1. The van der Waals surface area contributed by atoms with Gasteiger partial charge >= 0.3 is 0 Å². The Morgan fingerprint density at radius 1 is 0.955 bits per heavy atom. The molecule has 0 aliphatic heterocycles. The number of anilines is 1. The van der Waals surface area contributed by atoms with E-state index in [0.717, 1.165) is 10.6 Å². The number of halogens is 2. The number of nitrogens with zero attached hydrogens (tertiary/aromatic N) is 3. The molecule has 6 aromatic rings. The van der Waals surface area contributed by atoms with E-state index in [0.29, 0.717) is 44.8 Å². The van der Waals surface area contributed by atoms with Crippen molar-refractivity contribution in [3.63, 3.8) is 0 Å². The molecule has 0 bridgehead atoms. The third kappa shape index (κ3) is 5.39. The number of pyridine rings is 1. The van der Waals surface area contributed by atoms with Crippen LogP contribution in [0.4, 0.5) is 14.5 Å². The van der Waals surface area contributed by atoms with E-state index >= 15 is 0 Å². The molecule has 0 radical (unpaired) electrons. The van der Waals surface area contributed by atoms with Gasteiger partial charge in [-0.05, 0) is 66.6 Å². The lowest BCUT2D eigenvalue weighted by Gasteiger charge is -2.25.